The molecule has 2 aliphatic rings. The average Bonchev–Trinajstić information content (AvgIpc) is 3.26. The molecule has 1 heterocycles. The van der Waals surface area contributed by atoms with Crippen molar-refractivity contribution in [2.24, 2.45) is 11.8 Å². The molecule has 1 aliphatic carbocycles. The first-order valence-electron chi connectivity index (χ1n) is 10.8. The topological polar surface area (TPSA) is 72.9 Å². The van der Waals surface area contributed by atoms with Crippen molar-refractivity contribution >= 4 is 23.5 Å². The number of rotatable bonds is 5. The molecule has 6 heteroatoms. The molecule has 4 rings (SSSR count). The van der Waals surface area contributed by atoms with Crippen LogP contribution in [0.25, 0.3) is 0 Å². The van der Waals surface area contributed by atoms with Crippen LogP contribution in [-0.2, 0) is 32.1 Å². The van der Waals surface area contributed by atoms with Crippen molar-refractivity contribution in [3.63, 3.8) is 0 Å². The summed E-state index contributed by atoms with van der Waals surface area (Å²) in [6.07, 6.45) is 4.07. The highest BCUT2D eigenvalue weighted by Crippen LogP contribution is 2.36. The molecule has 0 N–H and O–H groups in total. The summed E-state index contributed by atoms with van der Waals surface area (Å²) in [7, 11) is 1.33. The lowest BCUT2D eigenvalue weighted by molar-refractivity contribution is -0.155. The van der Waals surface area contributed by atoms with E-state index in [1.807, 2.05) is 23.1 Å². The third-order valence-corrected chi connectivity index (χ3v) is 6.27. The van der Waals surface area contributed by atoms with Gasteiger partial charge in [-0.15, -0.1) is 0 Å². The van der Waals surface area contributed by atoms with Crippen molar-refractivity contribution in [3.05, 3.63) is 65.2 Å². The summed E-state index contributed by atoms with van der Waals surface area (Å²) in [5.74, 6) is -1.53. The minimum atomic E-state index is -0.433. The summed E-state index contributed by atoms with van der Waals surface area (Å²) in [5.41, 5.74) is 3.26. The number of esters is 2. The van der Waals surface area contributed by atoms with Gasteiger partial charge >= 0.3 is 11.9 Å². The Kier molecular flexibility index (Phi) is 6.35. The van der Waals surface area contributed by atoms with Crippen molar-refractivity contribution in [2.75, 3.05) is 18.6 Å². The quantitative estimate of drug-likeness (QED) is 0.685. The Bertz CT molecular complexity index is 985. The Hall–Kier alpha value is -3.15. The van der Waals surface area contributed by atoms with E-state index in [4.69, 9.17) is 9.47 Å². The molecule has 1 fully saturated rings. The van der Waals surface area contributed by atoms with Crippen LogP contribution in [0, 0.1) is 11.8 Å². The van der Waals surface area contributed by atoms with E-state index < -0.39 is 11.9 Å². The Morgan fingerprint density at radius 1 is 1.00 bits per heavy atom. The lowest BCUT2D eigenvalue weighted by Crippen LogP contribution is -2.42. The Labute approximate surface area is 182 Å². The second-order valence-corrected chi connectivity index (χ2v) is 8.17. The third kappa shape index (κ3) is 4.48. The molecule has 2 atom stereocenters. The molecule has 0 bridgehead atoms. The van der Waals surface area contributed by atoms with Crippen LogP contribution in [0.2, 0.25) is 0 Å². The molecule has 1 saturated carbocycles. The maximum Gasteiger partial charge on any atom is 0.337 e. The normalized spacial score (nSPS) is 20.1. The smallest absolute Gasteiger partial charge is 0.337 e. The molecule has 162 valence electrons. The molecule has 0 saturated heterocycles. The molecular formula is C25H27NO5. The molecule has 1 aliphatic heterocycles. The summed E-state index contributed by atoms with van der Waals surface area (Å²) in [6, 6.07) is 14.8. The number of carbonyl (C=O) groups is 3. The first-order chi connectivity index (χ1) is 15.1. The summed E-state index contributed by atoms with van der Waals surface area (Å²) in [4.78, 5) is 39.9. The van der Waals surface area contributed by atoms with Gasteiger partial charge in [-0.25, -0.2) is 4.79 Å². The van der Waals surface area contributed by atoms with Gasteiger partial charge in [0.15, 0.2) is 0 Å². The Morgan fingerprint density at radius 2 is 1.77 bits per heavy atom. The minimum Gasteiger partial charge on any atom is -0.465 e. The number of nitrogens with zero attached hydrogens (tertiary/aromatic N) is 1. The second kappa shape index (κ2) is 9.33. The van der Waals surface area contributed by atoms with E-state index in [9.17, 15) is 14.4 Å². The number of anilines is 1. The van der Waals surface area contributed by atoms with Gasteiger partial charge in [-0.3, -0.25) is 9.59 Å². The molecule has 0 unspecified atom stereocenters. The Balaban J connectivity index is 1.43. The number of benzene rings is 2. The molecule has 31 heavy (non-hydrogen) atoms. The number of carbonyl (C=O) groups excluding carboxylic acids is 3. The van der Waals surface area contributed by atoms with Gasteiger partial charge < -0.3 is 14.4 Å². The predicted octanol–water partition coefficient (Wildman–Crippen LogP) is 3.91. The van der Waals surface area contributed by atoms with Gasteiger partial charge in [0.2, 0.25) is 5.91 Å². The molecule has 1 amide bonds. The minimum absolute atomic E-state index is 0.0271. The molecule has 6 nitrogen and oxygen atoms in total. The van der Waals surface area contributed by atoms with Crippen LogP contribution in [0.3, 0.4) is 0 Å². The second-order valence-electron chi connectivity index (χ2n) is 8.17. The van der Waals surface area contributed by atoms with E-state index in [1.54, 1.807) is 24.3 Å². The number of fused-ring (bicyclic) bond motifs is 1. The molecule has 0 radical (unpaired) electrons. The number of methoxy groups -OCH3 is 1. The van der Waals surface area contributed by atoms with Crippen LogP contribution in [-0.4, -0.2) is 31.5 Å². The van der Waals surface area contributed by atoms with Crippen LogP contribution >= 0.6 is 0 Å². The fourth-order valence-corrected chi connectivity index (χ4v) is 4.64. The van der Waals surface area contributed by atoms with Crippen LogP contribution < -0.4 is 4.90 Å². The van der Waals surface area contributed by atoms with E-state index in [1.165, 1.54) is 12.7 Å². The van der Waals surface area contributed by atoms with E-state index in [2.05, 4.69) is 6.07 Å². The van der Waals surface area contributed by atoms with Crippen LogP contribution in [0.4, 0.5) is 5.69 Å². The molecule has 2 aromatic rings. The van der Waals surface area contributed by atoms with Gasteiger partial charge in [-0.2, -0.15) is 0 Å². The molecule has 2 aromatic carbocycles. The SMILES string of the molecule is COC(=O)c1cccc(COC(=O)[C@H]2CCCC[C@@H]2C(=O)N2CCc3ccccc32)c1. The first kappa shape index (κ1) is 21.1. The van der Waals surface area contributed by atoms with Gasteiger partial charge in [0, 0.05) is 12.2 Å². The monoisotopic (exact) mass is 421 g/mol. The maximum atomic E-state index is 13.4. The predicted molar refractivity (Wildman–Crippen MR) is 116 cm³/mol. The van der Waals surface area contributed by atoms with Gasteiger partial charge in [0.25, 0.3) is 0 Å². The summed E-state index contributed by atoms with van der Waals surface area (Å²) < 4.78 is 10.3. The summed E-state index contributed by atoms with van der Waals surface area (Å²) in [6.45, 7) is 0.727. The maximum absolute atomic E-state index is 13.4. The van der Waals surface area contributed by atoms with E-state index in [0.29, 0.717) is 30.5 Å². The number of ether oxygens (including phenoxy) is 2. The number of hydrogen-bond acceptors (Lipinski definition) is 5. The zero-order valence-corrected chi connectivity index (χ0v) is 17.7. The van der Waals surface area contributed by atoms with Crippen LogP contribution in [0.1, 0.15) is 47.2 Å². The van der Waals surface area contributed by atoms with Gasteiger partial charge in [-0.05, 0) is 48.6 Å². The van der Waals surface area contributed by atoms with Gasteiger partial charge in [0.1, 0.15) is 6.61 Å². The zero-order chi connectivity index (χ0) is 21.8. The first-order valence-corrected chi connectivity index (χ1v) is 10.8. The molecule has 0 spiro atoms. The fraction of sp³-hybridized carbons (Fsp3) is 0.400. The van der Waals surface area contributed by atoms with Crippen molar-refractivity contribution < 1.29 is 23.9 Å². The van der Waals surface area contributed by atoms with Crippen LogP contribution in [0.5, 0.6) is 0 Å². The van der Waals surface area contributed by atoms with Crippen LogP contribution in [0.15, 0.2) is 48.5 Å². The highest BCUT2D eigenvalue weighted by atomic mass is 16.5. The molecular weight excluding hydrogens is 394 g/mol. The van der Waals surface area contributed by atoms with E-state index >= 15 is 0 Å². The third-order valence-electron chi connectivity index (χ3n) is 6.27. The highest BCUT2D eigenvalue weighted by Gasteiger charge is 2.40. The Morgan fingerprint density at radius 3 is 2.58 bits per heavy atom. The number of amides is 1. The fourth-order valence-electron chi connectivity index (χ4n) is 4.64. The van der Waals surface area contributed by atoms with Crippen molar-refractivity contribution in [2.45, 2.75) is 38.7 Å². The summed E-state index contributed by atoms with van der Waals surface area (Å²) in [5, 5.41) is 0. The number of hydrogen-bond donors (Lipinski definition) is 0. The van der Waals surface area contributed by atoms with Gasteiger partial charge in [0.05, 0.1) is 24.5 Å². The highest BCUT2D eigenvalue weighted by molar-refractivity contribution is 5.99. The van der Waals surface area contributed by atoms with Crippen molar-refractivity contribution in [1.82, 2.24) is 0 Å². The molecule has 0 aromatic heterocycles. The van der Waals surface area contributed by atoms with E-state index in [0.717, 1.165) is 24.9 Å². The van der Waals surface area contributed by atoms with E-state index in [-0.39, 0.29) is 24.4 Å². The lowest BCUT2D eigenvalue weighted by atomic mass is 9.78. The summed E-state index contributed by atoms with van der Waals surface area (Å²) >= 11 is 0. The van der Waals surface area contributed by atoms with Gasteiger partial charge in [-0.1, -0.05) is 43.2 Å². The largest absolute Gasteiger partial charge is 0.465 e. The lowest BCUT2D eigenvalue weighted by Gasteiger charge is -2.32. The average molecular weight is 421 g/mol. The van der Waals surface area contributed by atoms with Crippen molar-refractivity contribution in [1.29, 1.82) is 0 Å². The van der Waals surface area contributed by atoms with Crippen molar-refractivity contribution in [3.8, 4) is 0 Å². The standard InChI is InChI=1S/C25H27NO5/c1-30-24(28)19-9-6-7-17(15-19)16-31-25(29)21-11-4-3-10-20(21)23(27)26-14-13-18-8-2-5-12-22(18)26/h2,5-9,12,15,20-21H,3-4,10-11,13-14,16H2,1H3/t20-,21-/m0/s1. The zero-order valence-electron chi connectivity index (χ0n) is 17.7. The number of para-hydroxylation sites is 1.